The maximum absolute atomic E-state index is 11.0. The summed E-state index contributed by atoms with van der Waals surface area (Å²) in [6.07, 6.45) is 1.78. The van der Waals surface area contributed by atoms with Crippen molar-refractivity contribution < 1.29 is 54.2 Å². The molecule has 48 heavy (non-hydrogen) atoms. The lowest BCUT2D eigenvalue weighted by atomic mass is 10.1. The molecule has 0 heterocycles. The molecule has 2 amide bonds. The molecule has 0 aliphatic heterocycles. The molecule has 7 N–H and O–H groups in total. The second-order valence-corrected chi connectivity index (χ2v) is 12.3. The number of ether oxygens (including phenoxy) is 2. The van der Waals surface area contributed by atoms with E-state index in [2.05, 4.69) is 10.6 Å². The zero-order chi connectivity index (χ0) is 36.8. The number of nitrogens with one attached hydrogen (secondary N) is 2. The first kappa shape index (κ1) is 57.9. The minimum atomic E-state index is -0.392. The second kappa shape index (κ2) is 37.5. The maximum atomic E-state index is 11.0. The van der Waals surface area contributed by atoms with Crippen molar-refractivity contribution in [1.82, 2.24) is 10.6 Å². The van der Waals surface area contributed by atoms with E-state index in [0.717, 1.165) is 6.42 Å². The van der Waals surface area contributed by atoms with Crippen LogP contribution in [0.3, 0.4) is 0 Å². The number of esters is 2. The molecule has 0 aromatic rings. The Bertz CT molecular complexity index is 755. The molecule has 0 aromatic heterocycles. The van der Waals surface area contributed by atoms with Crippen LogP contribution in [0.5, 0.6) is 0 Å². The van der Waals surface area contributed by atoms with E-state index in [-0.39, 0.29) is 114 Å². The molecule has 0 radical (unpaired) electrons. The second-order valence-electron chi connectivity index (χ2n) is 12.3. The molecule has 13 heteroatoms. The van der Waals surface area contributed by atoms with Crippen molar-refractivity contribution in [1.29, 1.82) is 0 Å². The van der Waals surface area contributed by atoms with Crippen molar-refractivity contribution in [3.05, 3.63) is 0 Å². The average molecular weight is 701 g/mol. The Labute approximate surface area is 292 Å². The third-order valence-corrected chi connectivity index (χ3v) is 5.90. The van der Waals surface area contributed by atoms with E-state index in [0.29, 0.717) is 25.8 Å². The molecule has 0 spiro atoms. The molecule has 3 atom stereocenters. The third kappa shape index (κ3) is 41.7. The summed E-state index contributed by atoms with van der Waals surface area (Å²) < 4.78 is 9.72. The van der Waals surface area contributed by atoms with Gasteiger partial charge in [0, 0.05) is 50.5 Å². The summed E-state index contributed by atoms with van der Waals surface area (Å²) in [7, 11) is 0. The van der Waals surface area contributed by atoms with Gasteiger partial charge in [-0.15, -0.1) is 0 Å². The number of hydrogen-bond donors (Lipinski definition) is 7. The fourth-order valence-electron chi connectivity index (χ4n) is 2.73. The number of aliphatic hydroxyl groups excluding tert-OH is 5. The highest BCUT2D eigenvalue weighted by Crippen LogP contribution is 2.04. The smallest absolute Gasteiger partial charge is 0.306 e. The van der Waals surface area contributed by atoms with Crippen LogP contribution < -0.4 is 10.6 Å². The molecule has 0 aliphatic carbocycles. The van der Waals surface area contributed by atoms with Crippen molar-refractivity contribution in [2.75, 3.05) is 33.0 Å². The number of hydrogen-bond acceptors (Lipinski definition) is 11. The predicted molar refractivity (Wildman–Crippen MR) is 192 cm³/mol. The van der Waals surface area contributed by atoms with E-state index in [9.17, 15) is 19.2 Å². The van der Waals surface area contributed by atoms with Crippen molar-refractivity contribution in [2.45, 2.75) is 147 Å². The Balaban J connectivity index is -0.000000121. The molecule has 0 saturated heterocycles. The summed E-state index contributed by atoms with van der Waals surface area (Å²) in [4.78, 5) is 43.9. The summed E-state index contributed by atoms with van der Waals surface area (Å²) in [5, 5.41) is 49.3. The summed E-state index contributed by atoms with van der Waals surface area (Å²) in [5.41, 5.74) is 0. The van der Waals surface area contributed by atoms with Gasteiger partial charge in [0.1, 0.15) is 0 Å². The third-order valence-electron chi connectivity index (χ3n) is 5.90. The summed E-state index contributed by atoms with van der Waals surface area (Å²) >= 11 is 0. The van der Waals surface area contributed by atoms with Crippen LogP contribution in [0.1, 0.15) is 123 Å². The van der Waals surface area contributed by atoms with Crippen LogP contribution in [-0.4, -0.2) is 107 Å². The van der Waals surface area contributed by atoms with Crippen LogP contribution in [0, 0.1) is 23.7 Å². The average Bonchev–Trinajstić information content (AvgIpc) is 2.99. The molecule has 13 nitrogen and oxygen atoms in total. The van der Waals surface area contributed by atoms with Gasteiger partial charge in [-0.2, -0.15) is 0 Å². The van der Waals surface area contributed by atoms with Crippen LogP contribution in [0.15, 0.2) is 0 Å². The van der Waals surface area contributed by atoms with E-state index in [1.54, 1.807) is 13.8 Å². The number of aliphatic hydroxyl groups is 5. The van der Waals surface area contributed by atoms with Crippen molar-refractivity contribution in [2.24, 2.45) is 23.7 Å². The first-order chi connectivity index (χ1) is 21.3. The van der Waals surface area contributed by atoms with E-state index in [4.69, 9.17) is 35.0 Å². The minimum absolute atomic E-state index is 0. The topological polar surface area (TPSA) is 212 Å². The monoisotopic (exact) mass is 701 g/mol. The molecule has 0 rings (SSSR count). The Kier molecular flexibility index (Phi) is 45.2. The lowest BCUT2D eigenvalue weighted by Crippen LogP contribution is -2.39. The largest absolute Gasteiger partial charge is 0.463 e. The minimum Gasteiger partial charge on any atom is -0.463 e. The lowest BCUT2D eigenvalue weighted by Gasteiger charge is -2.15. The van der Waals surface area contributed by atoms with Crippen molar-refractivity contribution in [3.8, 4) is 0 Å². The SMILES string of the molecule is C.C.CC(C)OC(=O)CC(CO)CO.CC(CO)CNC(=O)C(C)C.CCC(CO)NC(=O)C(C)C.CCC(O)CCC(=O)OC(C)C. The van der Waals surface area contributed by atoms with Crippen molar-refractivity contribution >= 4 is 23.8 Å². The first-order valence-corrected chi connectivity index (χ1v) is 16.4. The molecule has 0 saturated carbocycles. The maximum Gasteiger partial charge on any atom is 0.306 e. The highest BCUT2D eigenvalue weighted by Gasteiger charge is 2.14. The summed E-state index contributed by atoms with van der Waals surface area (Å²) in [6, 6.07) is -0.0788. The summed E-state index contributed by atoms with van der Waals surface area (Å²) in [6.45, 7) is 20.5. The van der Waals surface area contributed by atoms with Gasteiger partial charge in [0.05, 0.1) is 37.4 Å². The van der Waals surface area contributed by atoms with Gasteiger partial charge in [0.25, 0.3) is 0 Å². The number of carbonyl (C=O) groups excluding carboxylic acids is 4. The Morgan fingerprint density at radius 3 is 1.44 bits per heavy atom. The zero-order valence-electron chi connectivity index (χ0n) is 30.4. The van der Waals surface area contributed by atoms with Gasteiger partial charge in [0.15, 0.2) is 0 Å². The molecule has 0 aliphatic rings. The summed E-state index contributed by atoms with van der Waals surface area (Å²) in [5.74, 6) is -0.766. The van der Waals surface area contributed by atoms with Gasteiger partial charge in [-0.25, -0.2) is 0 Å². The normalized spacial score (nSPS) is 12.0. The van der Waals surface area contributed by atoms with Crippen LogP contribution in [0.4, 0.5) is 0 Å². The van der Waals surface area contributed by atoms with E-state index in [1.807, 2.05) is 62.3 Å². The molecule has 0 aromatic carbocycles. The van der Waals surface area contributed by atoms with Gasteiger partial charge >= 0.3 is 11.9 Å². The number of amides is 2. The highest BCUT2D eigenvalue weighted by atomic mass is 16.5. The Morgan fingerprint density at radius 1 is 0.646 bits per heavy atom. The molecule has 0 bridgehead atoms. The van der Waals surface area contributed by atoms with Gasteiger partial charge in [-0.05, 0) is 52.9 Å². The van der Waals surface area contributed by atoms with Crippen LogP contribution in [0.25, 0.3) is 0 Å². The highest BCUT2D eigenvalue weighted by molar-refractivity contribution is 5.78. The molecule has 292 valence electrons. The molecule has 3 unspecified atom stereocenters. The van der Waals surface area contributed by atoms with Crippen LogP contribution in [0.2, 0.25) is 0 Å². The Hall–Kier alpha value is -2.32. The van der Waals surface area contributed by atoms with Gasteiger partial charge in [-0.3, -0.25) is 19.2 Å². The van der Waals surface area contributed by atoms with E-state index in [1.165, 1.54) is 0 Å². The number of carbonyl (C=O) groups is 4. The van der Waals surface area contributed by atoms with Crippen LogP contribution >= 0.6 is 0 Å². The molecular weight excluding hydrogens is 624 g/mol. The standard InChI is InChI=1S/C9H18O3.2C8H17NO2.C8H16O4.2CH4/c1-4-8(10)5-6-9(11)12-7(2)3;1-6(2)8(11)9-4-7(3)5-10;1-4-7(5-10)9-8(11)6(2)3;1-6(2)12-8(11)3-7(4-9)5-10;;/h7-8,10H,4-6H2,1-3H3;2*6-7,10H,4-5H2,1-3H3,(H,9,11);6-7,9-10H,3-5H2,1-2H3;2*1H4. The van der Waals surface area contributed by atoms with Crippen LogP contribution in [-0.2, 0) is 28.7 Å². The molecular formula is C35H76N2O11. The number of rotatable bonds is 18. The van der Waals surface area contributed by atoms with Gasteiger partial charge < -0.3 is 45.6 Å². The van der Waals surface area contributed by atoms with Gasteiger partial charge in [0.2, 0.25) is 11.8 Å². The van der Waals surface area contributed by atoms with Gasteiger partial charge in [-0.1, -0.05) is 63.3 Å². The first-order valence-electron chi connectivity index (χ1n) is 16.4. The van der Waals surface area contributed by atoms with Crippen molar-refractivity contribution in [3.63, 3.8) is 0 Å². The van der Waals surface area contributed by atoms with E-state index >= 15 is 0 Å². The Morgan fingerprint density at radius 2 is 1.10 bits per heavy atom. The zero-order valence-corrected chi connectivity index (χ0v) is 30.4. The predicted octanol–water partition coefficient (Wildman–Crippen LogP) is 3.61. The quantitative estimate of drug-likeness (QED) is 0.103. The fraction of sp³-hybridized carbons (Fsp3) is 0.886. The molecule has 0 fully saturated rings. The van der Waals surface area contributed by atoms with E-state index < -0.39 is 5.92 Å². The fourth-order valence-corrected chi connectivity index (χ4v) is 2.73. The lowest BCUT2D eigenvalue weighted by molar-refractivity contribution is -0.149.